The molecule has 0 aliphatic heterocycles. The number of nitrogens with zero attached hydrogens (tertiary/aromatic N) is 10. The van der Waals surface area contributed by atoms with Gasteiger partial charge in [0.05, 0.1) is 116 Å². The molecule has 0 N–H and O–H groups in total. The predicted octanol–water partition coefficient (Wildman–Crippen LogP) is 10.5. The van der Waals surface area contributed by atoms with Gasteiger partial charge in [-0.3, -0.25) is 0 Å². The normalized spacial score (nSPS) is 11.9. The number of allylic oxidation sites excluding steroid dienone is 8. The molecule has 0 saturated heterocycles. The van der Waals surface area contributed by atoms with E-state index in [1.165, 1.54) is 84.9 Å². The second-order valence-corrected chi connectivity index (χ2v) is 15.1. The zero-order chi connectivity index (χ0) is 48.2. The van der Waals surface area contributed by atoms with E-state index < -0.39 is 11.6 Å². The molecule has 6 aromatic carbocycles. The Hall–Kier alpha value is -11.2. The van der Waals surface area contributed by atoms with E-state index in [2.05, 4.69) is 60.7 Å². The molecular weight excluding hydrogens is 851 g/mol. The summed E-state index contributed by atoms with van der Waals surface area (Å²) < 4.78 is 30.0. The van der Waals surface area contributed by atoms with Crippen LogP contribution in [0, 0.1) is 125 Å². The fourth-order valence-corrected chi connectivity index (χ4v) is 8.46. The van der Waals surface area contributed by atoms with Crippen LogP contribution in [-0.2, 0) is 0 Å². The summed E-state index contributed by atoms with van der Waals surface area (Å²) in [6, 6.07) is 45.4. The van der Waals surface area contributed by atoms with Gasteiger partial charge in [-0.25, -0.2) is 8.78 Å². The van der Waals surface area contributed by atoms with E-state index >= 15 is 8.78 Å². The quantitative estimate of drug-likeness (QED) is 0.153. The largest absolute Gasteiger partial charge is 0.207 e. The number of halogens is 2. The standard InChI is InChI=1S/C56H20F2N10/c57-45-1-3-47(43(17-45)29-67)49-19-51-52(55(49)53(39-9-31(21-59)5-32(10-39)22-60)40-11-33(23-61)6-34(12-40)24-62)20-50(48-4-2-46(58)18-44(48)30-68)56(51)54(41-13-35(25-63)7-36(14-41)26-64)42-15-37(27-65)8-38(16-42)28-66/h1-20H. The van der Waals surface area contributed by atoms with Crippen molar-refractivity contribution in [3.05, 3.63) is 244 Å². The Morgan fingerprint density at radius 3 is 0.779 bits per heavy atom. The van der Waals surface area contributed by atoms with Gasteiger partial charge in [-0.1, -0.05) is 12.1 Å². The number of nitriles is 10. The fraction of sp³-hybridized carbons (Fsp3) is 0. The van der Waals surface area contributed by atoms with Crippen molar-refractivity contribution < 1.29 is 8.78 Å². The number of benzene rings is 6. The molecular formula is C56H20F2N10. The molecule has 8 rings (SSSR count). The van der Waals surface area contributed by atoms with Crippen molar-refractivity contribution in [1.29, 1.82) is 52.6 Å². The maximum Gasteiger partial charge on any atom is 0.124 e. The van der Waals surface area contributed by atoms with E-state index in [-0.39, 0.29) is 122 Å². The summed E-state index contributed by atoms with van der Waals surface area (Å²) in [7, 11) is 0. The van der Waals surface area contributed by atoms with Gasteiger partial charge in [0.25, 0.3) is 0 Å². The Labute approximate surface area is 387 Å². The first-order valence-electron chi connectivity index (χ1n) is 19.9. The summed E-state index contributed by atoms with van der Waals surface area (Å²) in [4.78, 5) is 0. The minimum Gasteiger partial charge on any atom is -0.207 e. The van der Waals surface area contributed by atoms with Crippen LogP contribution in [0.3, 0.4) is 0 Å². The van der Waals surface area contributed by atoms with Crippen molar-refractivity contribution >= 4 is 22.3 Å². The molecule has 10 nitrogen and oxygen atoms in total. The molecule has 0 radical (unpaired) electrons. The number of hydrogen-bond donors (Lipinski definition) is 0. The Morgan fingerprint density at radius 2 is 0.559 bits per heavy atom. The van der Waals surface area contributed by atoms with E-state index in [1.807, 2.05) is 0 Å². The van der Waals surface area contributed by atoms with Crippen molar-refractivity contribution in [2.24, 2.45) is 0 Å². The molecule has 0 spiro atoms. The van der Waals surface area contributed by atoms with Crippen LogP contribution in [0.2, 0.25) is 0 Å². The molecule has 0 unspecified atom stereocenters. The molecule has 308 valence electrons. The number of hydrogen-bond acceptors (Lipinski definition) is 10. The molecule has 0 fully saturated rings. The van der Waals surface area contributed by atoms with Gasteiger partial charge in [0.2, 0.25) is 0 Å². The lowest BCUT2D eigenvalue weighted by molar-refractivity contribution is 0.627. The van der Waals surface area contributed by atoms with Crippen LogP contribution in [0.15, 0.2) is 144 Å². The van der Waals surface area contributed by atoms with Gasteiger partial charge in [0, 0.05) is 11.1 Å². The smallest absolute Gasteiger partial charge is 0.124 e. The van der Waals surface area contributed by atoms with Crippen molar-refractivity contribution in [2.45, 2.75) is 0 Å². The Morgan fingerprint density at radius 1 is 0.309 bits per heavy atom. The average Bonchev–Trinajstić information content (AvgIpc) is 3.91. The first kappa shape index (κ1) is 43.4. The van der Waals surface area contributed by atoms with Gasteiger partial charge < -0.3 is 0 Å². The molecule has 68 heavy (non-hydrogen) atoms. The molecule has 0 aromatic heterocycles. The van der Waals surface area contributed by atoms with Crippen LogP contribution in [0.4, 0.5) is 8.78 Å². The minimum absolute atomic E-state index is 0.0677. The van der Waals surface area contributed by atoms with Crippen LogP contribution in [0.1, 0.15) is 89.0 Å². The second kappa shape index (κ2) is 17.9. The second-order valence-electron chi connectivity index (χ2n) is 15.1. The Bertz CT molecular complexity index is 3400. The highest BCUT2D eigenvalue weighted by atomic mass is 19.1. The highest BCUT2D eigenvalue weighted by Crippen LogP contribution is 2.56. The first-order valence-corrected chi connectivity index (χ1v) is 19.9. The Kier molecular flexibility index (Phi) is 11.4. The van der Waals surface area contributed by atoms with Crippen LogP contribution >= 0.6 is 0 Å². The van der Waals surface area contributed by atoms with E-state index in [1.54, 1.807) is 12.2 Å². The van der Waals surface area contributed by atoms with E-state index in [4.69, 9.17) is 0 Å². The summed E-state index contributed by atoms with van der Waals surface area (Å²) in [5.74, 6) is -1.45. The molecule has 0 atom stereocenters. The van der Waals surface area contributed by atoms with E-state index in [0.29, 0.717) is 11.1 Å². The molecule has 0 heterocycles. The zero-order valence-electron chi connectivity index (χ0n) is 34.8. The lowest BCUT2D eigenvalue weighted by Crippen LogP contribution is -2.02. The summed E-state index contributed by atoms with van der Waals surface area (Å²) in [6.07, 6.45) is 3.37. The maximum atomic E-state index is 15.0. The highest BCUT2D eigenvalue weighted by molar-refractivity contribution is 6.13. The van der Waals surface area contributed by atoms with Gasteiger partial charge in [-0.2, -0.15) is 52.6 Å². The van der Waals surface area contributed by atoms with Gasteiger partial charge >= 0.3 is 0 Å². The summed E-state index contributed by atoms with van der Waals surface area (Å²) in [5, 5.41) is 103. The minimum atomic E-state index is -0.724. The van der Waals surface area contributed by atoms with Crippen molar-refractivity contribution in [1.82, 2.24) is 0 Å². The monoisotopic (exact) mass is 870 g/mol. The first-order chi connectivity index (χ1) is 33.0. The molecule has 2 aliphatic carbocycles. The average molecular weight is 871 g/mol. The van der Waals surface area contributed by atoms with Crippen molar-refractivity contribution in [3.63, 3.8) is 0 Å². The van der Waals surface area contributed by atoms with E-state index in [0.717, 1.165) is 24.3 Å². The molecule has 0 bridgehead atoms. The third-order valence-corrected chi connectivity index (χ3v) is 11.1. The summed E-state index contributed by atoms with van der Waals surface area (Å²) >= 11 is 0. The van der Waals surface area contributed by atoms with Crippen LogP contribution in [0.25, 0.3) is 22.3 Å². The number of rotatable bonds is 6. The van der Waals surface area contributed by atoms with Crippen molar-refractivity contribution in [3.8, 4) is 60.7 Å². The lowest BCUT2D eigenvalue weighted by Gasteiger charge is -2.20. The SMILES string of the molecule is N#Cc1cc(C#N)cc(C(=C2C(c3ccc(F)cc3C#N)=CC3=C2C=C(c2ccc(F)cc2C#N)C3=C(c2cc(C#N)cc(C#N)c2)c2cc(C#N)cc(C#N)c2)c2cc(C#N)cc(C#N)c2)c1. The molecule has 6 aromatic rings. The van der Waals surface area contributed by atoms with Crippen LogP contribution in [-0.4, -0.2) is 0 Å². The lowest BCUT2D eigenvalue weighted by atomic mass is 9.82. The fourth-order valence-electron chi connectivity index (χ4n) is 8.46. The van der Waals surface area contributed by atoms with Crippen molar-refractivity contribution in [2.75, 3.05) is 0 Å². The molecule has 12 heteroatoms. The highest BCUT2D eigenvalue weighted by Gasteiger charge is 2.37. The molecule has 2 aliphatic rings. The van der Waals surface area contributed by atoms with Crippen LogP contribution in [0.5, 0.6) is 0 Å². The maximum absolute atomic E-state index is 15.0. The van der Waals surface area contributed by atoms with Gasteiger partial charge in [-0.15, -0.1) is 0 Å². The Balaban J connectivity index is 1.69. The topological polar surface area (TPSA) is 238 Å². The third kappa shape index (κ3) is 7.77. The van der Waals surface area contributed by atoms with Gasteiger partial charge in [0.1, 0.15) is 11.6 Å². The predicted molar refractivity (Wildman–Crippen MR) is 241 cm³/mol. The molecule has 0 saturated carbocycles. The third-order valence-electron chi connectivity index (χ3n) is 11.1. The summed E-state index contributed by atoms with van der Waals surface area (Å²) in [6.45, 7) is 0. The van der Waals surface area contributed by atoms with E-state index in [9.17, 15) is 52.6 Å². The van der Waals surface area contributed by atoms with Crippen LogP contribution < -0.4 is 0 Å². The van der Waals surface area contributed by atoms with Gasteiger partial charge in [0.15, 0.2) is 0 Å². The van der Waals surface area contributed by atoms with Gasteiger partial charge in [-0.05, 0) is 176 Å². The zero-order valence-corrected chi connectivity index (χ0v) is 34.8. The summed E-state index contributed by atoms with van der Waals surface area (Å²) in [5.41, 5.74) is 4.03. The molecule has 0 amide bonds.